The predicted molar refractivity (Wildman–Crippen MR) is 106 cm³/mol. The molecule has 1 aromatic heterocycles. The molecule has 0 bridgehead atoms. The highest BCUT2D eigenvalue weighted by Gasteiger charge is 2.32. The highest BCUT2D eigenvalue weighted by atomic mass is 32.2. The number of aromatic nitrogens is 1. The number of amides is 1. The summed E-state index contributed by atoms with van der Waals surface area (Å²) in [4.78, 5) is 18.7. The number of halogens is 1. The average Bonchev–Trinajstić information content (AvgIpc) is 3.37. The first-order valence-corrected chi connectivity index (χ1v) is 11.1. The first kappa shape index (κ1) is 19.8. The molecule has 7 nitrogen and oxygen atoms in total. The van der Waals surface area contributed by atoms with Crippen LogP contribution in [0.15, 0.2) is 47.5 Å². The molecule has 0 radical (unpaired) electrons. The van der Waals surface area contributed by atoms with E-state index in [1.165, 1.54) is 28.7 Å². The Kier molecular flexibility index (Phi) is 5.51. The van der Waals surface area contributed by atoms with E-state index < -0.39 is 16.1 Å². The predicted octanol–water partition coefficient (Wildman–Crippen LogP) is 2.22. The van der Waals surface area contributed by atoms with E-state index in [2.05, 4.69) is 10.3 Å². The molecule has 29 heavy (non-hydrogen) atoms. The van der Waals surface area contributed by atoms with Gasteiger partial charge in [0.05, 0.1) is 0 Å². The van der Waals surface area contributed by atoms with Gasteiger partial charge in [0, 0.05) is 32.4 Å². The second kappa shape index (κ2) is 8.08. The zero-order valence-corrected chi connectivity index (χ0v) is 16.7. The lowest BCUT2D eigenvalue weighted by Crippen LogP contribution is -2.33. The van der Waals surface area contributed by atoms with Crippen LogP contribution in [0.3, 0.4) is 0 Å². The van der Waals surface area contributed by atoms with E-state index >= 15 is 0 Å². The lowest BCUT2D eigenvalue weighted by atomic mass is 10.2. The van der Waals surface area contributed by atoms with E-state index in [1.54, 1.807) is 23.1 Å². The summed E-state index contributed by atoms with van der Waals surface area (Å²) in [5.41, 5.74) is 0.870. The average molecular weight is 418 g/mol. The van der Waals surface area contributed by atoms with Gasteiger partial charge in [0.25, 0.3) is 0 Å². The molecule has 154 valence electrons. The van der Waals surface area contributed by atoms with Gasteiger partial charge in [-0.25, -0.2) is 17.8 Å². The summed E-state index contributed by atoms with van der Waals surface area (Å²) < 4.78 is 39.6. The van der Waals surface area contributed by atoms with Crippen LogP contribution in [-0.4, -0.2) is 54.2 Å². The Morgan fingerprint density at radius 3 is 2.45 bits per heavy atom. The fourth-order valence-corrected chi connectivity index (χ4v) is 5.18. The van der Waals surface area contributed by atoms with Crippen molar-refractivity contribution in [1.82, 2.24) is 14.2 Å². The first-order chi connectivity index (χ1) is 13.9. The van der Waals surface area contributed by atoms with Gasteiger partial charge in [0.2, 0.25) is 15.9 Å². The van der Waals surface area contributed by atoms with E-state index in [0.29, 0.717) is 38.4 Å². The molecule has 0 aliphatic carbocycles. The largest absolute Gasteiger partial charge is 0.358 e. The molecule has 9 heteroatoms. The fraction of sp³-hybridized carbons (Fsp3) is 0.400. The lowest BCUT2D eigenvalue weighted by molar-refractivity contribution is -0.128. The van der Waals surface area contributed by atoms with Crippen LogP contribution in [-0.2, 0) is 21.4 Å². The van der Waals surface area contributed by atoms with Crippen molar-refractivity contribution in [3.05, 3.63) is 54.0 Å². The second-order valence-electron chi connectivity index (χ2n) is 7.36. The van der Waals surface area contributed by atoms with Crippen LogP contribution in [0.4, 0.5) is 10.2 Å². The highest BCUT2D eigenvalue weighted by molar-refractivity contribution is 7.89. The van der Waals surface area contributed by atoms with Gasteiger partial charge in [-0.1, -0.05) is 12.1 Å². The van der Waals surface area contributed by atoms with Crippen molar-refractivity contribution in [3.8, 4) is 0 Å². The first-order valence-electron chi connectivity index (χ1n) is 9.69. The minimum Gasteiger partial charge on any atom is -0.358 e. The summed E-state index contributed by atoms with van der Waals surface area (Å²) in [6, 6.07) is 8.82. The molecule has 1 amide bonds. The number of likely N-dealkylation sites (tertiary alicyclic amines) is 1. The topological polar surface area (TPSA) is 82.6 Å². The molecule has 2 aliphatic rings. The smallest absolute Gasteiger partial charge is 0.245 e. The number of pyridine rings is 1. The van der Waals surface area contributed by atoms with Gasteiger partial charge in [0.15, 0.2) is 0 Å². The quantitative estimate of drug-likeness (QED) is 0.778. The van der Waals surface area contributed by atoms with Crippen LogP contribution in [0.25, 0.3) is 0 Å². The van der Waals surface area contributed by atoms with Crippen molar-refractivity contribution >= 4 is 21.7 Å². The maximum atomic E-state index is 13.0. The van der Waals surface area contributed by atoms with E-state index in [4.69, 9.17) is 0 Å². The number of hydrogen-bond acceptors (Lipinski definition) is 5. The normalized spacial score (nSPS) is 20.4. The van der Waals surface area contributed by atoms with E-state index in [1.807, 2.05) is 0 Å². The maximum absolute atomic E-state index is 13.0. The Labute approximate surface area is 169 Å². The third-order valence-electron chi connectivity index (χ3n) is 5.35. The van der Waals surface area contributed by atoms with Crippen molar-refractivity contribution in [2.45, 2.75) is 36.7 Å². The summed E-state index contributed by atoms with van der Waals surface area (Å²) in [5.74, 6) is 0.111. The Morgan fingerprint density at radius 1 is 1.07 bits per heavy atom. The Hall–Kier alpha value is -2.52. The van der Waals surface area contributed by atoms with Gasteiger partial charge in [-0.15, -0.1) is 0 Å². The van der Waals surface area contributed by atoms with Gasteiger partial charge in [-0.05, 0) is 49.1 Å². The van der Waals surface area contributed by atoms with Gasteiger partial charge >= 0.3 is 0 Å². The molecule has 4 rings (SSSR count). The van der Waals surface area contributed by atoms with Crippen LogP contribution in [0, 0.1) is 5.82 Å². The third-order valence-corrected chi connectivity index (χ3v) is 7.23. The number of benzene rings is 1. The highest BCUT2D eigenvalue weighted by Crippen LogP contribution is 2.22. The van der Waals surface area contributed by atoms with Gasteiger partial charge in [0.1, 0.15) is 22.6 Å². The van der Waals surface area contributed by atoms with E-state index in [0.717, 1.165) is 18.4 Å². The van der Waals surface area contributed by atoms with Crippen molar-refractivity contribution in [3.63, 3.8) is 0 Å². The van der Waals surface area contributed by atoms with Gasteiger partial charge in [-0.3, -0.25) is 4.79 Å². The maximum Gasteiger partial charge on any atom is 0.245 e. The van der Waals surface area contributed by atoms with Crippen LogP contribution in [0.2, 0.25) is 0 Å². The minimum atomic E-state index is -3.50. The van der Waals surface area contributed by atoms with Gasteiger partial charge < -0.3 is 10.2 Å². The standard InChI is InChI=1S/C20H23FN4O3S/c21-16-5-3-15(4-6-16)14-24-12-9-18(20(24)26)23-19-8-7-17(13-22-19)29(27,28)25-10-1-2-11-25/h3-8,13,18H,1-2,9-12,14H2,(H,22,23). The molecular weight excluding hydrogens is 395 g/mol. The summed E-state index contributed by atoms with van der Waals surface area (Å²) in [7, 11) is -3.50. The third kappa shape index (κ3) is 4.25. The molecule has 2 fully saturated rings. The molecule has 2 saturated heterocycles. The zero-order valence-electron chi connectivity index (χ0n) is 15.9. The molecule has 3 heterocycles. The second-order valence-corrected chi connectivity index (χ2v) is 9.30. The zero-order chi connectivity index (χ0) is 20.4. The Balaban J connectivity index is 1.38. The monoisotopic (exact) mass is 418 g/mol. The molecule has 2 aliphatic heterocycles. The summed E-state index contributed by atoms with van der Waals surface area (Å²) >= 11 is 0. The molecule has 2 aromatic rings. The van der Waals surface area contributed by atoms with Crippen molar-refractivity contribution in [1.29, 1.82) is 0 Å². The SMILES string of the molecule is O=C1C(Nc2ccc(S(=O)(=O)N3CCCC3)cn2)CCN1Cc1ccc(F)cc1. The fourth-order valence-electron chi connectivity index (χ4n) is 3.71. The van der Waals surface area contributed by atoms with Crippen molar-refractivity contribution in [2.75, 3.05) is 25.0 Å². The number of carbonyl (C=O) groups excluding carboxylic acids is 1. The Morgan fingerprint density at radius 2 is 1.79 bits per heavy atom. The van der Waals surface area contributed by atoms with E-state index in [9.17, 15) is 17.6 Å². The van der Waals surface area contributed by atoms with Crippen molar-refractivity contribution in [2.24, 2.45) is 0 Å². The molecule has 1 aromatic carbocycles. The number of hydrogen-bond donors (Lipinski definition) is 1. The number of sulfonamides is 1. The number of nitrogens with zero attached hydrogens (tertiary/aromatic N) is 3. The van der Waals surface area contributed by atoms with Crippen LogP contribution in [0.5, 0.6) is 0 Å². The Bertz CT molecular complexity index is 974. The lowest BCUT2D eigenvalue weighted by Gasteiger charge is -2.18. The minimum absolute atomic E-state index is 0.0510. The number of anilines is 1. The van der Waals surface area contributed by atoms with Crippen LogP contribution >= 0.6 is 0 Å². The molecule has 1 unspecified atom stereocenters. The molecule has 0 spiro atoms. The molecule has 1 N–H and O–H groups in total. The van der Waals surface area contributed by atoms with E-state index in [-0.39, 0.29) is 16.6 Å². The summed E-state index contributed by atoms with van der Waals surface area (Å²) in [6.07, 6.45) is 3.72. The molecular formula is C20H23FN4O3S. The number of nitrogens with one attached hydrogen (secondary N) is 1. The number of carbonyl (C=O) groups is 1. The number of rotatable bonds is 6. The van der Waals surface area contributed by atoms with Gasteiger partial charge in [-0.2, -0.15) is 4.31 Å². The molecule has 1 atom stereocenters. The summed E-state index contributed by atoms with van der Waals surface area (Å²) in [6.45, 7) is 2.11. The van der Waals surface area contributed by atoms with Crippen LogP contribution in [0.1, 0.15) is 24.8 Å². The van der Waals surface area contributed by atoms with Crippen LogP contribution < -0.4 is 5.32 Å². The molecule has 0 saturated carbocycles. The summed E-state index contributed by atoms with van der Waals surface area (Å²) in [5, 5.41) is 3.09. The van der Waals surface area contributed by atoms with Crippen molar-refractivity contribution < 1.29 is 17.6 Å².